The lowest BCUT2D eigenvalue weighted by Gasteiger charge is -2.23. The zero-order valence-corrected chi connectivity index (χ0v) is 19.3. The van der Waals surface area contributed by atoms with Crippen molar-refractivity contribution in [2.45, 2.75) is 51.8 Å². The van der Waals surface area contributed by atoms with E-state index in [1.165, 1.54) is 0 Å². The van der Waals surface area contributed by atoms with Gasteiger partial charge in [0.2, 0.25) is 5.91 Å². The van der Waals surface area contributed by atoms with Crippen LogP contribution in [-0.4, -0.2) is 41.4 Å². The molecule has 1 saturated heterocycles. The third-order valence-electron chi connectivity index (χ3n) is 5.48. The Morgan fingerprint density at radius 3 is 2.30 bits per heavy atom. The molecule has 174 valence electrons. The molecule has 0 radical (unpaired) electrons. The Balaban J connectivity index is 1.73. The highest BCUT2D eigenvalue weighted by Gasteiger charge is 2.49. The molecular weight excluding hydrogens is 422 g/mol. The van der Waals surface area contributed by atoms with E-state index in [4.69, 9.17) is 4.74 Å². The van der Waals surface area contributed by atoms with Gasteiger partial charge in [-0.2, -0.15) is 0 Å². The summed E-state index contributed by atoms with van der Waals surface area (Å²) < 4.78 is 5.22. The molecule has 8 heteroatoms. The number of hydrogen-bond donors (Lipinski definition) is 2. The van der Waals surface area contributed by atoms with E-state index in [2.05, 4.69) is 10.6 Å². The van der Waals surface area contributed by atoms with Crippen LogP contribution in [0.3, 0.4) is 0 Å². The molecule has 0 saturated carbocycles. The number of benzene rings is 2. The predicted molar refractivity (Wildman–Crippen MR) is 122 cm³/mol. The number of amides is 4. The molecule has 2 N–H and O–H groups in total. The zero-order valence-electron chi connectivity index (χ0n) is 19.3. The van der Waals surface area contributed by atoms with Crippen molar-refractivity contribution < 1.29 is 23.9 Å². The maximum absolute atomic E-state index is 13.1. The van der Waals surface area contributed by atoms with Crippen LogP contribution in [0, 0.1) is 6.92 Å². The third kappa shape index (κ3) is 5.58. The Morgan fingerprint density at radius 1 is 1.06 bits per heavy atom. The van der Waals surface area contributed by atoms with Gasteiger partial charge < -0.3 is 15.4 Å². The molecule has 33 heavy (non-hydrogen) atoms. The molecule has 1 fully saturated rings. The standard InChI is InChI=1S/C25H29N3O5/c1-16(2)33-22(30)14-20(18-8-6-5-7-9-18)26-21(29)15-28-23(31)25(4,27-24(28)32)19-12-10-17(3)11-13-19/h5-13,16,20H,14-15H2,1-4H3,(H,26,29)(H,27,32). The third-order valence-corrected chi connectivity index (χ3v) is 5.48. The Bertz CT molecular complexity index is 1040. The molecule has 8 nitrogen and oxygen atoms in total. The molecule has 1 aliphatic heterocycles. The molecule has 2 aromatic carbocycles. The topological polar surface area (TPSA) is 105 Å². The van der Waals surface area contributed by atoms with Crippen molar-refractivity contribution in [3.63, 3.8) is 0 Å². The van der Waals surface area contributed by atoms with Crippen molar-refractivity contribution in [1.29, 1.82) is 0 Å². The van der Waals surface area contributed by atoms with E-state index in [1.807, 2.05) is 25.1 Å². The molecule has 3 rings (SSSR count). The largest absolute Gasteiger partial charge is 0.463 e. The van der Waals surface area contributed by atoms with E-state index in [-0.39, 0.29) is 12.5 Å². The molecule has 2 atom stereocenters. The first-order valence-electron chi connectivity index (χ1n) is 10.8. The fraction of sp³-hybridized carbons (Fsp3) is 0.360. The van der Waals surface area contributed by atoms with E-state index in [0.717, 1.165) is 10.5 Å². The van der Waals surface area contributed by atoms with E-state index < -0.39 is 41.9 Å². The molecule has 4 amide bonds. The quantitative estimate of drug-likeness (QED) is 0.474. The second kappa shape index (κ2) is 9.85. The highest BCUT2D eigenvalue weighted by Crippen LogP contribution is 2.29. The van der Waals surface area contributed by atoms with Crippen LogP contribution in [-0.2, 0) is 24.7 Å². The summed E-state index contributed by atoms with van der Waals surface area (Å²) in [4.78, 5) is 51.6. The number of carbonyl (C=O) groups is 4. The van der Waals surface area contributed by atoms with Gasteiger partial charge in [-0.1, -0.05) is 60.2 Å². The second-order valence-electron chi connectivity index (χ2n) is 8.59. The number of aryl methyl sites for hydroxylation is 1. The number of nitrogens with zero attached hydrogens (tertiary/aromatic N) is 1. The lowest BCUT2D eigenvalue weighted by Crippen LogP contribution is -2.44. The molecule has 1 aliphatic rings. The summed E-state index contributed by atoms with van der Waals surface area (Å²) in [5.41, 5.74) is 1.12. The van der Waals surface area contributed by atoms with E-state index >= 15 is 0 Å². The summed E-state index contributed by atoms with van der Waals surface area (Å²) >= 11 is 0. The van der Waals surface area contributed by atoms with Gasteiger partial charge in [0, 0.05) is 0 Å². The molecule has 0 aliphatic carbocycles. The van der Waals surface area contributed by atoms with Gasteiger partial charge in [0.05, 0.1) is 18.6 Å². The molecule has 1 heterocycles. The molecule has 0 aromatic heterocycles. The van der Waals surface area contributed by atoms with Crippen LogP contribution in [0.15, 0.2) is 54.6 Å². The lowest BCUT2D eigenvalue weighted by atomic mass is 9.91. The summed E-state index contributed by atoms with van der Waals surface area (Å²) in [5.74, 6) is -1.53. The average molecular weight is 452 g/mol. The van der Waals surface area contributed by atoms with Crippen LogP contribution in [0.25, 0.3) is 0 Å². The van der Waals surface area contributed by atoms with E-state index in [9.17, 15) is 19.2 Å². The van der Waals surface area contributed by atoms with Gasteiger partial charge in [-0.05, 0) is 38.8 Å². The molecule has 2 aromatic rings. The predicted octanol–water partition coefficient (Wildman–Crippen LogP) is 2.96. The second-order valence-corrected chi connectivity index (χ2v) is 8.59. The van der Waals surface area contributed by atoms with Gasteiger partial charge in [-0.3, -0.25) is 19.3 Å². The number of ether oxygens (including phenoxy) is 1. The first kappa shape index (κ1) is 24.0. The number of rotatable bonds is 8. The van der Waals surface area contributed by atoms with Gasteiger partial charge in [0.15, 0.2) is 0 Å². The summed E-state index contributed by atoms with van der Waals surface area (Å²) in [6.45, 7) is 6.57. The van der Waals surface area contributed by atoms with Crippen molar-refractivity contribution in [3.8, 4) is 0 Å². The first-order valence-corrected chi connectivity index (χ1v) is 10.8. The molecule has 0 spiro atoms. The normalized spacial score (nSPS) is 18.8. The van der Waals surface area contributed by atoms with Gasteiger partial charge >= 0.3 is 12.0 Å². The van der Waals surface area contributed by atoms with Crippen LogP contribution >= 0.6 is 0 Å². The van der Waals surface area contributed by atoms with Crippen LogP contribution in [0.5, 0.6) is 0 Å². The van der Waals surface area contributed by atoms with Crippen LogP contribution in [0.4, 0.5) is 4.79 Å². The minimum absolute atomic E-state index is 0.0742. The lowest BCUT2D eigenvalue weighted by molar-refractivity contribution is -0.148. The van der Waals surface area contributed by atoms with Gasteiger partial charge in [0.25, 0.3) is 5.91 Å². The summed E-state index contributed by atoms with van der Waals surface area (Å²) in [7, 11) is 0. The Kier molecular flexibility index (Phi) is 7.16. The van der Waals surface area contributed by atoms with Crippen LogP contribution in [0.2, 0.25) is 0 Å². The average Bonchev–Trinajstić information content (AvgIpc) is 2.97. The van der Waals surface area contributed by atoms with Crippen molar-refractivity contribution in [2.75, 3.05) is 6.54 Å². The van der Waals surface area contributed by atoms with Gasteiger partial charge in [-0.15, -0.1) is 0 Å². The maximum Gasteiger partial charge on any atom is 0.325 e. The number of imide groups is 1. The van der Waals surface area contributed by atoms with Crippen molar-refractivity contribution in [2.24, 2.45) is 0 Å². The Hall–Kier alpha value is -3.68. The van der Waals surface area contributed by atoms with Gasteiger partial charge in [-0.25, -0.2) is 4.79 Å². The van der Waals surface area contributed by atoms with Gasteiger partial charge in [0.1, 0.15) is 12.1 Å². The number of nitrogens with one attached hydrogen (secondary N) is 2. The van der Waals surface area contributed by atoms with Crippen LogP contribution < -0.4 is 10.6 Å². The Morgan fingerprint density at radius 2 is 1.70 bits per heavy atom. The van der Waals surface area contributed by atoms with Crippen molar-refractivity contribution in [1.82, 2.24) is 15.5 Å². The molecule has 0 bridgehead atoms. The summed E-state index contributed by atoms with van der Waals surface area (Å²) in [5, 5.41) is 5.46. The number of urea groups is 1. The van der Waals surface area contributed by atoms with E-state index in [1.54, 1.807) is 57.2 Å². The molecular formula is C25H29N3O5. The minimum atomic E-state index is -1.26. The van der Waals surface area contributed by atoms with E-state index in [0.29, 0.717) is 11.1 Å². The minimum Gasteiger partial charge on any atom is -0.463 e. The number of carbonyl (C=O) groups excluding carboxylic acids is 4. The maximum atomic E-state index is 13.1. The number of hydrogen-bond acceptors (Lipinski definition) is 5. The highest BCUT2D eigenvalue weighted by molar-refractivity contribution is 6.09. The fourth-order valence-electron chi connectivity index (χ4n) is 3.72. The summed E-state index contributed by atoms with van der Waals surface area (Å²) in [6, 6.07) is 15.0. The Labute approximate surface area is 193 Å². The number of esters is 1. The highest BCUT2D eigenvalue weighted by atomic mass is 16.5. The first-order chi connectivity index (χ1) is 15.6. The SMILES string of the molecule is Cc1ccc(C2(C)NC(=O)N(CC(=O)NC(CC(=O)OC(C)C)c3ccccc3)C2=O)cc1. The zero-order chi connectivity index (χ0) is 24.2. The molecule has 2 unspecified atom stereocenters. The van der Waals surface area contributed by atoms with Crippen molar-refractivity contribution >= 4 is 23.8 Å². The smallest absolute Gasteiger partial charge is 0.325 e. The summed E-state index contributed by atoms with van der Waals surface area (Å²) in [6.07, 6.45) is -0.357. The van der Waals surface area contributed by atoms with Crippen molar-refractivity contribution in [3.05, 3.63) is 71.3 Å². The monoisotopic (exact) mass is 451 g/mol. The van der Waals surface area contributed by atoms with Crippen LogP contribution in [0.1, 0.15) is 49.9 Å². The fourth-order valence-corrected chi connectivity index (χ4v) is 3.72.